The van der Waals surface area contributed by atoms with Gasteiger partial charge in [-0.05, 0) is 55.7 Å². The zero-order valence-corrected chi connectivity index (χ0v) is 17.2. The van der Waals surface area contributed by atoms with Crippen LogP contribution < -0.4 is 10.6 Å². The predicted octanol–water partition coefficient (Wildman–Crippen LogP) is 3.85. The molecule has 0 spiro atoms. The van der Waals surface area contributed by atoms with Crippen LogP contribution in [0, 0.1) is 5.82 Å². The smallest absolute Gasteiger partial charge is 0.233 e. The number of benzene rings is 2. The van der Waals surface area contributed by atoms with E-state index in [-0.39, 0.29) is 18.3 Å². The molecule has 2 N–H and O–H groups in total. The highest BCUT2D eigenvalue weighted by atomic mass is 35.5. The van der Waals surface area contributed by atoms with Gasteiger partial charge in [-0.15, -0.1) is 0 Å². The van der Waals surface area contributed by atoms with Crippen molar-refractivity contribution in [3.8, 4) is 5.69 Å². The summed E-state index contributed by atoms with van der Waals surface area (Å²) in [6, 6.07) is 14.1. The lowest BCUT2D eigenvalue weighted by Gasteiger charge is -2.27. The van der Waals surface area contributed by atoms with Crippen LogP contribution in [0.1, 0.15) is 25.0 Å². The van der Waals surface area contributed by atoms with Gasteiger partial charge >= 0.3 is 0 Å². The molecule has 5 nitrogen and oxygen atoms in total. The topological polar surface area (TPSA) is 59.0 Å². The van der Waals surface area contributed by atoms with Crippen LogP contribution in [-0.4, -0.2) is 28.8 Å². The second-order valence-corrected chi connectivity index (χ2v) is 7.74. The van der Waals surface area contributed by atoms with Crippen LogP contribution in [0.3, 0.4) is 0 Å². The molecule has 3 aromatic rings. The molecular weight excluding hydrogens is 391 g/mol. The summed E-state index contributed by atoms with van der Waals surface area (Å²) in [5, 5.41) is 10.8. The van der Waals surface area contributed by atoms with Crippen molar-refractivity contribution in [1.82, 2.24) is 20.4 Å². The number of carbonyl (C=O) groups excluding carboxylic acids is 1. The van der Waals surface area contributed by atoms with Gasteiger partial charge in [0.05, 0.1) is 18.4 Å². The SMILES string of the molecule is CC(C)(NCC(=O)NCCc1cnn(-c2ccccc2)c1)c1ccc(F)cc1Cl. The van der Waals surface area contributed by atoms with Crippen LogP contribution in [0.4, 0.5) is 4.39 Å². The molecule has 1 amide bonds. The highest BCUT2D eigenvalue weighted by Crippen LogP contribution is 2.28. The molecule has 0 fully saturated rings. The molecule has 7 heteroatoms. The number of aromatic nitrogens is 2. The number of para-hydroxylation sites is 1. The van der Waals surface area contributed by atoms with Crippen LogP contribution in [0.25, 0.3) is 5.69 Å². The lowest BCUT2D eigenvalue weighted by atomic mass is 9.94. The van der Waals surface area contributed by atoms with Gasteiger partial charge in [-0.3, -0.25) is 10.1 Å². The Morgan fingerprint density at radius 3 is 2.69 bits per heavy atom. The minimum atomic E-state index is -0.570. The van der Waals surface area contributed by atoms with Gasteiger partial charge in [0, 0.05) is 23.3 Å². The number of nitrogens with zero attached hydrogens (tertiary/aromatic N) is 2. The first-order valence-electron chi connectivity index (χ1n) is 9.41. The summed E-state index contributed by atoms with van der Waals surface area (Å²) >= 11 is 6.14. The summed E-state index contributed by atoms with van der Waals surface area (Å²) in [5.74, 6) is -0.505. The van der Waals surface area contributed by atoms with Crippen molar-refractivity contribution in [3.63, 3.8) is 0 Å². The molecule has 0 radical (unpaired) electrons. The fraction of sp³-hybridized carbons (Fsp3) is 0.273. The van der Waals surface area contributed by atoms with E-state index in [2.05, 4.69) is 15.7 Å². The van der Waals surface area contributed by atoms with Crippen molar-refractivity contribution in [3.05, 3.63) is 82.9 Å². The largest absolute Gasteiger partial charge is 0.355 e. The molecule has 1 heterocycles. The zero-order chi connectivity index (χ0) is 20.9. The third-order valence-corrected chi connectivity index (χ3v) is 5.00. The molecule has 0 saturated heterocycles. The Bertz CT molecular complexity index is 972. The summed E-state index contributed by atoms with van der Waals surface area (Å²) < 4.78 is 15.1. The van der Waals surface area contributed by atoms with E-state index in [1.54, 1.807) is 12.3 Å². The van der Waals surface area contributed by atoms with Crippen molar-refractivity contribution in [2.24, 2.45) is 0 Å². The molecule has 0 unspecified atom stereocenters. The van der Waals surface area contributed by atoms with Gasteiger partial charge in [0.2, 0.25) is 5.91 Å². The Labute approximate surface area is 174 Å². The predicted molar refractivity (Wildman–Crippen MR) is 113 cm³/mol. The number of carbonyl (C=O) groups is 1. The molecule has 3 rings (SSSR count). The number of hydrogen-bond acceptors (Lipinski definition) is 3. The third-order valence-electron chi connectivity index (χ3n) is 4.69. The molecule has 152 valence electrons. The second kappa shape index (κ2) is 9.20. The van der Waals surface area contributed by atoms with Crippen molar-refractivity contribution < 1.29 is 9.18 Å². The van der Waals surface area contributed by atoms with E-state index in [1.807, 2.05) is 55.1 Å². The van der Waals surface area contributed by atoms with Crippen LogP contribution in [0.2, 0.25) is 5.02 Å². The Kier molecular flexibility index (Phi) is 6.67. The molecule has 0 atom stereocenters. The van der Waals surface area contributed by atoms with E-state index in [0.717, 1.165) is 16.8 Å². The molecule has 0 aliphatic carbocycles. The van der Waals surface area contributed by atoms with Gasteiger partial charge in [-0.25, -0.2) is 9.07 Å². The molecule has 2 aromatic carbocycles. The van der Waals surface area contributed by atoms with Gasteiger partial charge in [0.25, 0.3) is 0 Å². The monoisotopic (exact) mass is 414 g/mol. The molecule has 0 bridgehead atoms. The Balaban J connectivity index is 1.46. The van der Waals surface area contributed by atoms with E-state index in [0.29, 0.717) is 18.0 Å². The summed E-state index contributed by atoms with van der Waals surface area (Å²) in [6.07, 6.45) is 4.45. The summed E-state index contributed by atoms with van der Waals surface area (Å²) in [5.41, 5.74) is 2.20. The minimum absolute atomic E-state index is 0.119. The summed E-state index contributed by atoms with van der Waals surface area (Å²) in [7, 11) is 0. The van der Waals surface area contributed by atoms with Crippen molar-refractivity contribution in [1.29, 1.82) is 0 Å². The highest BCUT2D eigenvalue weighted by molar-refractivity contribution is 6.31. The van der Waals surface area contributed by atoms with Gasteiger partial charge in [-0.2, -0.15) is 5.10 Å². The molecule has 0 aliphatic heterocycles. The van der Waals surface area contributed by atoms with E-state index in [4.69, 9.17) is 11.6 Å². The van der Waals surface area contributed by atoms with E-state index in [1.165, 1.54) is 12.1 Å². The van der Waals surface area contributed by atoms with Gasteiger partial charge < -0.3 is 5.32 Å². The number of rotatable bonds is 8. The Morgan fingerprint density at radius 1 is 1.21 bits per heavy atom. The van der Waals surface area contributed by atoms with E-state index in [9.17, 15) is 9.18 Å². The van der Waals surface area contributed by atoms with Crippen molar-refractivity contribution in [2.75, 3.05) is 13.1 Å². The molecule has 29 heavy (non-hydrogen) atoms. The highest BCUT2D eigenvalue weighted by Gasteiger charge is 2.23. The number of nitrogens with one attached hydrogen (secondary N) is 2. The van der Waals surface area contributed by atoms with Crippen molar-refractivity contribution in [2.45, 2.75) is 25.8 Å². The third kappa shape index (κ3) is 5.65. The van der Waals surface area contributed by atoms with Gasteiger partial charge in [0.15, 0.2) is 0 Å². The first-order chi connectivity index (χ1) is 13.8. The maximum atomic E-state index is 13.3. The average Bonchev–Trinajstić information content (AvgIpc) is 3.16. The second-order valence-electron chi connectivity index (χ2n) is 7.33. The fourth-order valence-corrected chi connectivity index (χ4v) is 3.42. The van der Waals surface area contributed by atoms with Crippen LogP contribution in [0.5, 0.6) is 0 Å². The summed E-state index contributed by atoms with van der Waals surface area (Å²) in [6.45, 7) is 4.44. The van der Waals surface area contributed by atoms with Crippen LogP contribution in [-0.2, 0) is 16.8 Å². The van der Waals surface area contributed by atoms with E-state index >= 15 is 0 Å². The van der Waals surface area contributed by atoms with Gasteiger partial charge in [-0.1, -0.05) is 35.9 Å². The number of hydrogen-bond donors (Lipinski definition) is 2. The molecule has 0 aliphatic rings. The van der Waals surface area contributed by atoms with Crippen molar-refractivity contribution >= 4 is 17.5 Å². The van der Waals surface area contributed by atoms with Crippen LogP contribution >= 0.6 is 11.6 Å². The standard InChI is InChI=1S/C22H24ClFN4O/c1-22(2,19-9-8-17(24)12-20(19)23)26-14-21(29)25-11-10-16-13-27-28(15-16)18-6-4-3-5-7-18/h3-9,12-13,15,26H,10-11,14H2,1-2H3,(H,25,29). The quantitative estimate of drug-likeness (QED) is 0.588. The minimum Gasteiger partial charge on any atom is -0.355 e. The normalized spacial score (nSPS) is 11.4. The maximum Gasteiger partial charge on any atom is 0.233 e. The fourth-order valence-electron chi connectivity index (χ4n) is 3.01. The zero-order valence-electron chi connectivity index (χ0n) is 16.5. The number of amides is 1. The Morgan fingerprint density at radius 2 is 1.97 bits per heavy atom. The lowest BCUT2D eigenvalue weighted by molar-refractivity contribution is -0.120. The molecule has 0 saturated carbocycles. The first kappa shape index (κ1) is 21.0. The number of halogens is 2. The summed E-state index contributed by atoms with van der Waals surface area (Å²) in [4.78, 5) is 12.2. The maximum absolute atomic E-state index is 13.3. The Hall–Kier alpha value is -2.70. The molecule has 1 aromatic heterocycles. The lowest BCUT2D eigenvalue weighted by Crippen LogP contribution is -2.44. The van der Waals surface area contributed by atoms with Gasteiger partial charge in [0.1, 0.15) is 5.82 Å². The first-order valence-corrected chi connectivity index (χ1v) is 9.79. The van der Waals surface area contributed by atoms with Crippen LogP contribution in [0.15, 0.2) is 60.9 Å². The molecular formula is C22H24ClFN4O. The van der Waals surface area contributed by atoms with E-state index < -0.39 is 5.54 Å². The average molecular weight is 415 g/mol.